The van der Waals surface area contributed by atoms with Gasteiger partial charge in [0.1, 0.15) is 18.5 Å². The van der Waals surface area contributed by atoms with Crippen molar-refractivity contribution >= 4 is 29.9 Å². The van der Waals surface area contributed by atoms with Crippen LogP contribution in [0.15, 0.2) is 29.3 Å². The van der Waals surface area contributed by atoms with Crippen LogP contribution in [0.5, 0.6) is 5.75 Å². The minimum absolute atomic E-state index is 0. The molecule has 7 heteroatoms. The van der Waals surface area contributed by atoms with Crippen LogP contribution < -0.4 is 15.4 Å². The third kappa shape index (κ3) is 5.99. The zero-order valence-electron chi connectivity index (χ0n) is 15.5. The summed E-state index contributed by atoms with van der Waals surface area (Å²) in [5, 5.41) is 16.8. The Morgan fingerprint density at radius 1 is 1.42 bits per heavy atom. The lowest BCUT2D eigenvalue weighted by atomic mass is 9.96. The van der Waals surface area contributed by atoms with Gasteiger partial charge in [0.25, 0.3) is 0 Å². The van der Waals surface area contributed by atoms with Gasteiger partial charge in [0.15, 0.2) is 5.96 Å². The quantitative estimate of drug-likeness (QED) is 0.321. The van der Waals surface area contributed by atoms with Gasteiger partial charge in [-0.05, 0) is 50.8 Å². The topological polar surface area (TPSA) is 75.1 Å². The molecule has 3 N–H and O–H groups in total. The molecule has 2 aliphatic heterocycles. The third-order valence-electron chi connectivity index (χ3n) is 4.66. The molecule has 4 unspecified atom stereocenters. The summed E-state index contributed by atoms with van der Waals surface area (Å²) in [5.41, 5.74) is 1.14. The van der Waals surface area contributed by atoms with Crippen molar-refractivity contribution in [3.05, 3.63) is 29.8 Å². The number of benzene rings is 1. The van der Waals surface area contributed by atoms with E-state index in [1.807, 2.05) is 38.1 Å². The number of rotatable bonds is 7. The van der Waals surface area contributed by atoms with Crippen LogP contribution in [0, 0.1) is 6.92 Å². The first-order valence-corrected chi connectivity index (χ1v) is 9.22. The van der Waals surface area contributed by atoms with E-state index in [-0.39, 0.29) is 30.6 Å². The molecule has 2 bridgehead atoms. The predicted molar refractivity (Wildman–Crippen MR) is 114 cm³/mol. The number of fused-ring (bicyclic) bond motifs is 2. The second-order valence-corrected chi connectivity index (χ2v) is 6.86. The SMILES string of the molecule is CCNC(=NCC(O)COc1cccc(C)c1)NC1CC2CCC1O2.I. The van der Waals surface area contributed by atoms with Crippen molar-refractivity contribution in [2.45, 2.75) is 57.5 Å². The first-order valence-electron chi connectivity index (χ1n) is 9.22. The van der Waals surface area contributed by atoms with E-state index in [0.29, 0.717) is 24.8 Å². The third-order valence-corrected chi connectivity index (χ3v) is 4.66. The lowest BCUT2D eigenvalue weighted by Crippen LogP contribution is -2.47. The highest BCUT2D eigenvalue weighted by Gasteiger charge is 2.41. The summed E-state index contributed by atoms with van der Waals surface area (Å²) in [6.45, 7) is 5.35. The highest BCUT2D eigenvalue weighted by molar-refractivity contribution is 14.0. The van der Waals surface area contributed by atoms with E-state index in [9.17, 15) is 5.11 Å². The first-order chi connectivity index (χ1) is 12.1. The van der Waals surface area contributed by atoms with Crippen molar-refractivity contribution in [1.82, 2.24) is 10.6 Å². The summed E-state index contributed by atoms with van der Waals surface area (Å²) in [7, 11) is 0. The van der Waals surface area contributed by atoms with E-state index in [1.165, 1.54) is 6.42 Å². The van der Waals surface area contributed by atoms with Crippen molar-refractivity contribution in [3.63, 3.8) is 0 Å². The minimum Gasteiger partial charge on any atom is -0.491 e. The Hall–Kier alpha value is -1.06. The van der Waals surface area contributed by atoms with E-state index in [1.54, 1.807) is 0 Å². The Balaban J connectivity index is 0.00000243. The van der Waals surface area contributed by atoms with Crippen molar-refractivity contribution in [1.29, 1.82) is 0 Å². The van der Waals surface area contributed by atoms with Crippen LogP contribution in [0.2, 0.25) is 0 Å². The molecule has 0 spiro atoms. The van der Waals surface area contributed by atoms with E-state index in [2.05, 4.69) is 15.6 Å². The Labute approximate surface area is 172 Å². The van der Waals surface area contributed by atoms with Gasteiger partial charge in [-0.3, -0.25) is 4.99 Å². The number of aryl methyl sites for hydroxylation is 1. The zero-order chi connectivity index (χ0) is 17.6. The maximum absolute atomic E-state index is 10.2. The Kier molecular flexibility index (Phi) is 8.43. The van der Waals surface area contributed by atoms with E-state index in [4.69, 9.17) is 9.47 Å². The van der Waals surface area contributed by atoms with Gasteiger partial charge in [-0.15, -0.1) is 24.0 Å². The normalized spacial score (nSPS) is 25.5. The highest BCUT2D eigenvalue weighted by atomic mass is 127. The van der Waals surface area contributed by atoms with Crippen LogP contribution >= 0.6 is 24.0 Å². The molecule has 2 aliphatic rings. The molecule has 26 heavy (non-hydrogen) atoms. The second-order valence-electron chi connectivity index (χ2n) is 6.86. The molecule has 0 aromatic heterocycles. The number of halogens is 1. The van der Waals surface area contributed by atoms with Gasteiger partial charge in [-0.25, -0.2) is 0 Å². The Morgan fingerprint density at radius 3 is 2.92 bits per heavy atom. The molecular formula is C19H30IN3O3. The number of nitrogens with one attached hydrogen (secondary N) is 2. The number of nitrogens with zero attached hydrogens (tertiary/aromatic N) is 1. The number of hydrogen-bond acceptors (Lipinski definition) is 4. The van der Waals surface area contributed by atoms with Crippen LogP contribution in [0.1, 0.15) is 31.7 Å². The van der Waals surface area contributed by atoms with Gasteiger partial charge in [0.05, 0.1) is 24.8 Å². The fourth-order valence-electron chi connectivity index (χ4n) is 3.43. The zero-order valence-corrected chi connectivity index (χ0v) is 17.8. The van der Waals surface area contributed by atoms with Crippen molar-refractivity contribution in [2.75, 3.05) is 19.7 Å². The molecule has 6 nitrogen and oxygen atoms in total. The summed E-state index contributed by atoms with van der Waals surface area (Å²) in [4.78, 5) is 4.50. The molecule has 3 rings (SSSR count). The summed E-state index contributed by atoms with van der Waals surface area (Å²) < 4.78 is 11.5. The van der Waals surface area contributed by atoms with E-state index in [0.717, 1.165) is 36.7 Å². The molecule has 0 amide bonds. The summed E-state index contributed by atoms with van der Waals surface area (Å²) in [6, 6.07) is 8.12. The Bertz CT molecular complexity index is 599. The molecule has 1 aromatic carbocycles. The molecule has 0 radical (unpaired) electrons. The molecule has 2 fully saturated rings. The van der Waals surface area contributed by atoms with Gasteiger partial charge in [0.2, 0.25) is 0 Å². The summed E-state index contributed by atoms with van der Waals surface area (Å²) >= 11 is 0. The number of aliphatic hydroxyl groups excluding tert-OH is 1. The molecule has 1 aromatic rings. The summed E-state index contributed by atoms with van der Waals surface area (Å²) in [6.07, 6.45) is 3.38. The highest BCUT2D eigenvalue weighted by Crippen LogP contribution is 2.34. The van der Waals surface area contributed by atoms with Gasteiger partial charge >= 0.3 is 0 Å². The Morgan fingerprint density at radius 2 is 2.27 bits per heavy atom. The minimum atomic E-state index is -0.646. The number of ether oxygens (including phenoxy) is 2. The first kappa shape index (κ1) is 21.2. The van der Waals surface area contributed by atoms with Gasteiger partial charge in [-0.2, -0.15) is 0 Å². The van der Waals surface area contributed by atoms with Gasteiger partial charge in [-0.1, -0.05) is 12.1 Å². The second kappa shape index (κ2) is 10.3. The van der Waals surface area contributed by atoms with Gasteiger partial charge in [0, 0.05) is 6.54 Å². The molecule has 0 aliphatic carbocycles. The molecule has 4 atom stereocenters. The molecule has 146 valence electrons. The van der Waals surface area contributed by atoms with Crippen molar-refractivity contribution < 1.29 is 14.6 Å². The van der Waals surface area contributed by atoms with Crippen molar-refractivity contribution in [2.24, 2.45) is 4.99 Å². The van der Waals surface area contributed by atoms with E-state index < -0.39 is 6.10 Å². The smallest absolute Gasteiger partial charge is 0.191 e. The van der Waals surface area contributed by atoms with Crippen LogP contribution in [0.4, 0.5) is 0 Å². The lowest BCUT2D eigenvalue weighted by Gasteiger charge is -2.23. The average molecular weight is 475 g/mol. The van der Waals surface area contributed by atoms with Gasteiger partial charge < -0.3 is 25.2 Å². The van der Waals surface area contributed by atoms with Crippen LogP contribution in [0.3, 0.4) is 0 Å². The standard InChI is InChI=1S/C19H29N3O3.HI/c1-3-20-19(22-17-10-16-7-8-18(17)25-16)21-11-14(23)12-24-15-6-4-5-13(2)9-15;/h4-6,9,14,16-18,23H,3,7-8,10-12H2,1-2H3,(H2,20,21,22);1H. The fraction of sp³-hybridized carbons (Fsp3) is 0.632. The number of aliphatic imine (C=N–C) groups is 1. The molecule has 2 saturated heterocycles. The fourth-order valence-corrected chi connectivity index (χ4v) is 3.43. The monoisotopic (exact) mass is 475 g/mol. The van der Waals surface area contributed by atoms with Crippen LogP contribution in [-0.2, 0) is 4.74 Å². The maximum Gasteiger partial charge on any atom is 0.191 e. The maximum atomic E-state index is 10.2. The number of aliphatic hydroxyl groups is 1. The van der Waals surface area contributed by atoms with E-state index >= 15 is 0 Å². The van der Waals surface area contributed by atoms with Crippen LogP contribution in [0.25, 0.3) is 0 Å². The molecular weight excluding hydrogens is 445 g/mol. The number of guanidine groups is 1. The number of hydrogen-bond donors (Lipinski definition) is 3. The predicted octanol–water partition coefficient (Wildman–Crippen LogP) is 2.23. The largest absolute Gasteiger partial charge is 0.491 e. The van der Waals surface area contributed by atoms with Crippen molar-refractivity contribution in [3.8, 4) is 5.75 Å². The summed E-state index contributed by atoms with van der Waals surface area (Å²) in [5.74, 6) is 1.51. The lowest BCUT2D eigenvalue weighted by molar-refractivity contribution is 0.0991. The molecule has 0 saturated carbocycles. The molecule has 2 heterocycles. The van der Waals surface area contributed by atoms with Crippen LogP contribution in [-0.4, -0.2) is 55.1 Å². The average Bonchev–Trinajstić information content (AvgIpc) is 3.21.